The Labute approximate surface area is 266 Å². The number of nitrogens with one attached hydrogen (secondary N) is 2. The van der Waals surface area contributed by atoms with E-state index < -0.39 is 27.8 Å². The lowest BCUT2D eigenvalue weighted by molar-refractivity contribution is 0.0519. The number of thiophene rings is 1. The van der Waals surface area contributed by atoms with E-state index in [1.807, 2.05) is 30.3 Å². The van der Waals surface area contributed by atoms with Crippen LogP contribution in [-0.4, -0.2) is 54.7 Å². The van der Waals surface area contributed by atoms with Gasteiger partial charge in [0.2, 0.25) is 0 Å². The number of benzene rings is 2. The highest BCUT2D eigenvalue weighted by Crippen LogP contribution is 2.41. The van der Waals surface area contributed by atoms with Crippen LogP contribution in [0.15, 0.2) is 95.5 Å². The van der Waals surface area contributed by atoms with Crippen molar-refractivity contribution in [2.75, 3.05) is 13.7 Å². The maximum absolute atomic E-state index is 13.7. The maximum atomic E-state index is 13.7. The van der Waals surface area contributed by atoms with Crippen molar-refractivity contribution in [1.29, 1.82) is 0 Å². The molecule has 0 bridgehead atoms. The largest absolute Gasteiger partial charge is 0.494 e. The van der Waals surface area contributed by atoms with Crippen LogP contribution in [0.3, 0.4) is 0 Å². The van der Waals surface area contributed by atoms with Crippen LogP contribution >= 0.6 is 11.3 Å². The van der Waals surface area contributed by atoms with Gasteiger partial charge in [0.05, 0.1) is 18.0 Å². The van der Waals surface area contributed by atoms with Crippen LogP contribution < -0.4 is 15.4 Å². The number of rotatable bonds is 10. The van der Waals surface area contributed by atoms with E-state index in [0.29, 0.717) is 33.6 Å². The molecular formula is C33H34N4O6S2. The number of nitrogens with zero attached hydrogens (tertiary/aromatic N) is 2. The standard InChI is InChI=1S/C33H34N4O6S2/c1-33(2,3)43-32(39)35-20-23(19-22-11-7-5-8-12-22)36-31(38)29-28(42-4)27(21-44-29)25-15-17-34-30-26(25)16-18-37(30)45(40,41)24-13-9-6-10-14-24/h5-18,21,23H,19-20H2,1-4H3,(H,35,39)(H,36,38). The number of methoxy groups -OCH3 is 1. The Morgan fingerprint density at radius 2 is 1.67 bits per heavy atom. The highest BCUT2D eigenvalue weighted by molar-refractivity contribution is 7.90. The van der Waals surface area contributed by atoms with E-state index in [2.05, 4.69) is 15.6 Å². The van der Waals surface area contributed by atoms with Crippen molar-refractivity contribution in [3.63, 3.8) is 0 Å². The lowest BCUT2D eigenvalue weighted by Crippen LogP contribution is -2.46. The highest BCUT2D eigenvalue weighted by Gasteiger charge is 2.26. The molecule has 1 unspecified atom stereocenters. The quantitative estimate of drug-likeness (QED) is 0.194. The third-order valence-electron chi connectivity index (χ3n) is 6.85. The molecule has 3 heterocycles. The van der Waals surface area contributed by atoms with E-state index in [1.165, 1.54) is 43.0 Å². The number of fused-ring (bicyclic) bond motifs is 1. The molecule has 3 aromatic heterocycles. The third-order valence-corrected chi connectivity index (χ3v) is 9.49. The first-order valence-corrected chi connectivity index (χ1v) is 16.5. The van der Waals surface area contributed by atoms with E-state index in [9.17, 15) is 18.0 Å². The molecular weight excluding hydrogens is 613 g/mol. The first kappa shape index (κ1) is 31.7. The Kier molecular flexibility index (Phi) is 9.26. The van der Waals surface area contributed by atoms with Crippen LogP contribution in [-0.2, 0) is 21.2 Å². The lowest BCUT2D eigenvalue weighted by Gasteiger charge is -2.23. The molecule has 12 heteroatoms. The molecule has 0 spiro atoms. The summed E-state index contributed by atoms with van der Waals surface area (Å²) in [4.78, 5) is 30.9. The number of amides is 2. The SMILES string of the molecule is COc1c(-c2ccnc3c2ccn3S(=O)(=O)c2ccccc2)csc1C(=O)NC(CNC(=O)OC(C)(C)C)Cc1ccccc1. The summed E-state index contributed by atoms with van der Waals surface area (Å²) in [6, 6.07) is 20.8. The number of carbonyl (C=O) groups excluding carboxylic acids is 2. The van der Waals surface area contributed by atoms with Crippen molar-refractivity contribution in [1.82, 2.24) is 19.6 Å². The summed E-state index contributed by atoms with van der Waals surface area (Å²) in [6.45, 7) is 5.49. The fourth-order valence-electron chi connectivity index (χ4n) is 4.89. The minimum absolute atomic E-state index is 0.143. The molecule has 0 saturated carbocycles. The molecule has 0 aliphatic heterocycles. The zero-order valence-electron chi connectivity index (χ0n) is 25.3. The van der Waals surface area contributed by atoms with E-state index in [-0.39, 0.29) is 23.0 Å². The Bertz CT molecular complexity index is 1910. The molecule has 5 aromatic rings. The van der Waals surface area contributed by atoms with Gasteiger partial charge in [0.1, 0.15) is 16.2 Å². The van der Waals surface area contributed by atoms with Crippen LogP contribution in [0.5, 0.6) is 5.75 Å². The molecule has 0 fully saturated rings. The normalized spacial score (nSPS) is 12.4. The zero-order chi connectivity index (χ0) is 32.2. The van der Waals surface area contributed by atoms with Crippen molar-refractivity contribution in [3.8, 4) is 16.9 Å². The topological polar surface area (TPSA) is 129 Å². The number of ether oxygens (including phenoxy) is 2. The summed E-state index contributed by atoms with van der Waals surface area (Å²) in [5.41, 5.74) is 1.88. The summed E-state index contributed by atoms with van der Waals surface area (Å²) in [6.07, 6.45) is 2.90. The molecule has 2 amide bonds. The average Bonchev–Trinajstić information content (AvgIpc) is 3.65. The Hall–Kier alpha value is -4.68. The molecule has 0 aliphatic rings. The van der Waals surface area contributed by atoms with Gasteiger partial charge in [0.25, 0.3) is 15.9 Å². The van der Waals surface area contributed by atoms with Gasteiger partial charge in [0, 0.05) is 35.3 Å². The van der Waals surface area contributed by atoms with Gasteiger partial charge < -0.3 is 20.1 Å². The monoisotopic (exact) mass is 646 g/mol. The second-order valence-corrected chi connectivity index (χ2v) is 14.0. The molecule has 5 rings (SSSR count). The van der Waals surface area contributed by atoms with Gasteiger partial charge in [-0.15, -0.1) is 11.3 Å². The summed E-state index contributed by atoms with van der Waals surface area (Å²) < 4.78 is 39.0. The molecule has 234 valence electrons. The van der Waals surface area contributed by atoms with Crippen molar-refractivity contribution < 1.29 is 27.5 Å². The lowest BCUT2D eigenvalue weighted by atomic mass is 10.0. The number of carbonyl (C=O) groups is 2. The van der Waals surface area contributed by atoms with E-state index in [0.717, 1.165) is 9.54 Å². The van der Waals surface area contributed by atoms with Crippen molar-refractivity contribution in [3.05, 3.63) is 101 Å². The number of hydrogen-bond donors (Lipinski definition) is 2. The second-order valence-electron chi connectivity index (χ2n) is 11.3. The summed E-state index contributed by atoms with van der Waals surface area (Å²) in [7, 11) is -2.40. The summed E-state index contributed by atoms with van der Waals surface area (Å²) in [5.74, 6) is -0.0215. The maximum Gasteiger partial charge on any atom is 0.407 e. The molecule has 2 N–H and O–H groups in total. The smallest absolute Gasteiger partial charge is 0.407 e. The van der Waals surface area contributed by atoms with E-state index in [4.69, 9.17) is 9.47 Å². The molecule has 2 aromatic carbocycles. The van der Waals surface area contributed by atoms with Gasteiger partial charge in [-0.1, -0.05) is 48.5 Å². The van der Waals surface area contributed by atoms with Gasteiger partial charge >= 0.3 is 6.09 Å². The number of pyridine rings is 1. The Balaban J connectivity index is 1.43. The number of hydrogen-bond acceptors (Lipinski definition) is 8. The molecule has 45 heavy (non-hydrogen) atoms. The van der Waals surface area contributed by atoms with Crippen LogP contribution in [0.25, 0.3) is 22.2 Å². The molecule has 0 radical (unpaired) electrons. The summed E-state index contributed by atoms with van der Waals surface area (Å²) in [5, 5.41) is 8.19. The first-order valence-electron chi connectivity index (χ1n) is 14.2. The number of aromatic nitrogens is 2. The minimum atomic E-state index is -3.88. The van der Waals surface area contributed by atoms with Crippen LogP contribution in [0.1, 0.15) is 36.0 Å². The average molecular weight is 647 g/mol. The van der Waals surface area contributed by atoms with E-state index in [1.54, 1.807) is 56.5 Å². The van der Waals surface area contributed by atoms with E-state index >= 15 is 0 Å². The van der Waals surface area contributed by atoms with Gasteiger partial charge in [-0.2, -0.15) is 0 Å². The third kappa shape index (κ3) is 7.18. The molecule has 10 nitrogen and oxygen atoms in total. The van der Waals surface area contributed by atoms with Crippen LogP contribution in [0.2, 0.25) is 0 Å². The first-order chi connectivity index (χ1) is 21.5. The molecule has 0 aliphatic carbocycles. The van der Waals surface area contributed by atoms with Crippen LogP contribution in [0, 0.1) is 0 Å². The summed E-state index contributed by atoms with van der Waals surface area (Å²) >= 11 is 1.21. The Morgan fingerprint density at radius 3 is 2.33 bits per heavy atom. The van der Waals surface area contributed by atoms with Gasteiger partial charge in [-0.05, 0) is 62.6 Å². The predicted octanol–water partition coefficient (Wildman–Crippen LogP) is 5.88. The zero-order valence-corrected chi connectivity index (χ0v) is 26.9. The van der Waals surface area contributed by atoms with Crippen molar-refractivity contribution in [2.24, 2.45) is 0 Å². The fourth-order valence-corrected chi connectivity index (χ4v) is 7.15. The van der Waals surface area contributed by atoms with Crippen molar-refractivity contribution in [2.45, 2.75) is 43.7 Å². The Morgan fingerprint density at radius 1 is 0.978 bits per heavy atom. The van der Waals surface area contributed by atoms with Gasteiger partial charge in [0.15, 0.2) is 5.65 Å². The molecule has 0 saturated heterocycles. The number of alkyl carbamates (subject to hydrolysis) is 1. The van der Waals surface area contributed by atoms with Crippen molar-refractivity contribution >= 4 is 44.4 Å². The highest BCUT2D eigenvalue weighted by atomic mass is 32.2. The minimum Gasteiger partial charge on any atom is -0.494 e. The van der Waals surface area contributed by atoms with Gasteiger partial charge in [-0.25, -0.2) is 22.2 Å². The van der Waals surface area contributed by atoms with Gasteiger partial charge in [-0.3, -0.25) is 4.79 Å². The fraction of sp³-hybridized carbons (Fsp3) is 0.242. The van der Waals surface area contributed by atoms with Crippen LogP contribution in [0.4, 0.5) is 4.79 Å². The predicted molar refractivity (Wildman–Crippen MR) is 174 cm³/mol. The second kappa shape index (κ2) is 13.1. The molecule has 1 atom stereocenters.